The predicted octanol–water partition coefficient (Wildman–Crippen LogP) is 0.659. The lowest BCUT2D eigenvalue weighted by atomic mass is 10.0. The highest BCUT2D eigenvalue weighted by molar-refractivity contribution is 5.94. The van der Waals surface area contributed by atoms with Gasteiger partial charge in [-0.05, 0) is 19.0 Å². The van der Waals surface area contributed by atoms with Crippen LogP contribution in [0.1, 0.15) is 13.8 Å². The molecule has 1 amide bonds. The van der Waals surface area contributed by atoms with Crippen molar-refractivity contribution in [3.63, 3.8) is 0 Å². The van der Waals surface area contributed by atoms with Gasteiger partial charge in [-0.2, -0.15) is 0 Å². The van der Waals surface area contributed by atoms with Crippen LogP contribution in [0.3, 0.4) is 0 Å². The first-order chi connectivity index (χ1) is 7.15. The molecule has 2 N–H and O–H groups in total. The van der Waals surface area contributed by atoms with E-state index in [0.29, 0.717) is 5.82 Å². The van der Waals surface area contributed by atoms with E-state index in [9.17, 15) is 4.79 Å². The highest BCUT2D eigenvalue weighted by atomic mass is 16.2. The first-order valence-electron chi connectivity index (χ1n) is 4.89. The number of hydrogen-bond donors (Lipinski definition) is 2. The van der Waals surface area contributed by atoms with Gasteiger partial charge in [-0.25, -0.2) is 9.97 Å². The van der Waals surface area contributed by atoms with E-state index < -0.39 is 0 Å². The maximum Gasteiger partial charge on any atom is 0.242 e. The average molecular weight is 208 g/mol. The summed E-state index contributed by atoms with van der Waals surface area (Å²) < 4.78 is 0. The number of anilines is 1. The molecule has 1 unspecified atom stereocenters. The lowest BCUT2D eigenvalue weighted by molar-refractivity contribution is -0.119. The molecule has 0 fully saturated rings. The standard InChI is InChI=1S/C10H16N4O/c1-7(2)9(11-3)10(15)14-8-4-5-12-6-13-8/h4-7,9,11H,1-3H3,(H,12,13,14,15). The summed E-state index contributed by atoms with van der Waals surface area (Å²) in [6, 6.07) is 1.45. The lowest BCUT2D eigenvalue weighted by Gasteiger charge is -2.18. The third kappa shape index (κ3) is 3.28. The van der Waals surface area contributed by atoms with Gasteiger partial charge < -0.3 is 10.6 Å². The van der Waals surface area contributed by atoms with Gasteiger partial charge in [0.15, 0.2) is 0 Å². The van der Waals surface area contributed by atoms with Crippen molar-refractivity contribution in [2.24, 2.45) is 5.92 Å². The summed E-state index contributed by atoms with van der Waals surface area (Å²) in [6.07, 6.45) is 2.99. The number of likely N-dealkylation sites (N-methyl/N-ethyl adjacent to an activating group) is 1. The molecule has 15 heavy (non-hydrogen) atoms. The molecular weight excluding hydrogens is 192 g/mol. The Morgan fingerprint density at radius 2 is 2.20 bits per heavy atom. The van der Waals surface area contributed by atoms with Gasteiger partial charge in [0.05, 0.1) is 6.04 Å². The Morgan fingerprint density at radius 3 is 2.67 bits per heavy atom. The molecule has 0 bridgehead atoms. The Hall–Kier alpha value is -1.49. The van der Waals surface area contributed by atoms with E-state index in [1.54, 1.807) is 19.3 Å². The first-order valence-corrected chi connectivity index (χ1v) is 4.89. The van der Waals surface area contributed by atoms with E-state index in [-0.39, 0.29) is 17.9 Å². The second-order valence-corrected chi connectivity index (χ2v) is 3.59. The Labute approximate surface area is 89.3 Å². The zero-order valence-corrected chi connectivity index (χ0v) is 9.19. The highest BCUT2D eigenvalue weighted by Crippen LogP contribution is 2.05. The fourth-order valence-corrected chi connectivity index (χ4v) is 1.34. The number of aromatic nitrogens is 2. The summed E-state index contributed by atoms with van der Waals surface area (Å²) in [5, 5.41) is 5.69. The van der Waals surface area contributed by atoms with E-state index in [0.717, 1.165) is 0 Å². The number of rotatable bonds is 4. The van der Waals surface area contributed by atoms with Crippen LogP contribution in [0.25, 0.3) is 0 Å². The molecule has 1 heterocycles. The molecule has 82 valence electrons. The van der Waals surface area contributed by atoms with Crippen LogP contribution in [0.4, 0.5) is 5.82 Å². The molecule has 0 saturated carbocycles. The second kappa shape index (κ2) is 5.41. The molecule has 1 aromatic rings. The summed E-state index contributed by atoms with van der Waals surface area (Å²) in [5.41, 5.74) is 0. The number of amides is 1. The molecule has 1 atom stereocenters. The third-order valence-corrected chi connectivity index (χ3v) is 2.09. The number of hydrogen-bond acceptors (Lipinski definition) is 4. The maximum absolute atomic E-state index is 11.8. The van der Waals surface area contributed by atoms with Crippen molar-refractivity contribution in [2.45, 2.75) is 19.9 Å². The van der Waals surface area contributed by atoms with Gasteiger partial charge in [0, 0.05) is 6.20 Å². The SMILES string of the molecule is CNC(C(=O)Nc1ccncn1)C(C)C. The van der Waals surface area contributed by atoms with Crippen LogP contribution in [-0.2, 0) is 4.79 Å². The van der Waals surface area contributed by atoms with Crippen LogP contribution in [0.2, 0.25) is 0 Å². The van der Waals surface area contributed by atoms with Crippen LogP contribution in [0.15, 0.2) is 18.6 Å². The minimum absolute atomic E-state index is 0.0776. The molecule has 5 heteroatoms. The Balaban J connectivity index is 2.62. The van der Waals surface area contributed by atoms with Crippen molar-refractivity contribution in [1.29, 1.82) is 0 Å². The average Bonchev–Trinajstić information content (AvgIpc) is 2.19. The van der Waals surface area contributed by atoms with Gasteiger partial charge >= 0.3 is 0 Å². The van der Waals surface area contributed by atoms with Gasteiger partial charge in [0.25, 0.3) is 0 Å². The Kier molecular flexibility index (Phi) is 4.17. The molecule has 0 aliphatic carbocycles. The van der Waals surface area contributed by atoms with Crippen LogP contribution in [0.5, 0.6) is 0 Å². The molecular formula is C10H16N4O. The zero-order chi connectivity index (χ0) is 11.3. The summed E-state index contributed by atoms with van der Waals surface area (Å²) in [6.45, 7) is 3.97. The van der Waals surface area contributed by atoms with Gasteiger partial charge in [0.1, 0.15) is 12.1 Å². The van der Waals surface area contributed by atoms with E-state index in [4.69, 9.17) is 0 Å². The summed E-state index contributed by atoms with van der Waals surface area (Å²) in [4.78, 5) is 19.4. The van der Waals surface area contributed by atoms with E-state index >= 15 is 0 Å². The van der Waals surface area contributed by atoms with E-state index in [1.807, 2.05) is 13.8 Å². The molecule has 5 nitrogen and oxygen atoms in total. The molecule has 1 aromatic heterocycles. The third-order valence-electron chi connectivity index (χ3n) is 2.09. The fraction of sp³-hybridized carbons (Fsp3) is 0.500. The molecule has 1 rings (SSSR count). The van der Waals surface area contributed by atoms with Crippen molar-refractivity contribution in [2.75, 3.05) is 12.4 Å². The number of carbonyl (C=O) groups is 1. The summed E-state index contributed by atoms with van der Waals surface area (Å²) in [5.74, 6) is 0.680. The molecule has 0 radical (unpaired) electrons. The van der Waals surface area contributed by atoms with Crippen molar-refractivity contribution >= 4 is 11.7 Å². The van der Waals surface area contributed by atoms with Crippen LogP contribution < -0.4 is 10.6 Å². The highest BCUT2D eigenvalue weighted by Gasteiger charge is 2.19. The van der Waals surface area contributed by atoms with Gasteiger partial charge in [-0.15, -0.1) is 0 Å². The molecule has 0 spiro atoms. The molecule has 0 aliphatic rings. The van der Waals surface area contributed by atoms with E-state index in [2.05, 4.69) is 20.6 Å². The Bertz CT molecular complexity index is 312. The zero-order valence-electron chi connectivity index (χ0n) is 9.19. The molecule has 0 aromatic carbocycles. The predicted molar refractivity (Wildman–Crippen MR) is 58.3 cm³/mol. The topological polar surface area (TPSA) is 66.9 Å². The number of nitrogens with zero attached hydrogens (tertiary/aromatic N) is 2. The monoisotopic (exact) mass is 208 g/mol. The van der Waals surface area contributed by atoms with Crippen molar-refractivity contribution in [3.05, 3.63) is 18.6 Å². The summed E-state index contributed by atoms with van der Waals surface area (Å²) in [7, 11) is 1.77. The quantitative estimate of drug-likeness (QED) is 0.762. The normalized spacial score (nSPS) is 12.5. The first kappa shape index (κ1) is 11.6. The van der Waals surface area contributed by atoms with Crippen molar-refractivity contribution < 1.29 is 4.79 Å². The fourth-order valence-electron chi connectivity index (χ4n) is 1.34. The molecule has 0 aliphatic heterocycles. The van der Waals surface area contributed by atoms with Crippen LogP contribution in [0, 0.1) is 5.92 Å². The lowest BCUT2D eigenvalue weighted by Crippen LogP contribution is -2.42. The summed E-state index contributed by atoms with van der Waals surface area (Å²) >= 11 is 0. The second-order valence-electron chi connectivity index (χ2n) is 3.59. The number of nitrogens with one attached hydrogen (secondary N) is 2. The smallest absolute Gasteiger partial charge is 0.242 e. The minimum Gasteiger partial charge on any atom is -0.309 e. The minimum atomic E-state index is -0.208. The largest absolute Gasteiger partial charge is 0.309 e. The van der Waals surface area contributed by atoms with Gasteiger partial charge in [0.2, 0.25) is 5.91 Å². The maximum atomic E-state index is 11.8. The number of carbonyl (C=O) groups excluding carboxylic acids is 1. The molecule has 0 saturated heterocycles. The van der Waals surface area contributed by atoms with Crippen molar-refractivity contribution in [3.8, 4) is 0 Å². The van der Waals surface area contributed by atoms with E-state index in [1.165, 1.54) is 6.33 Å². The van der Waals surface area contributed by atoms with Crippen LogP contribution >= 0.6 is 0 Å². The van der Waals surface area contributed by atoms with Gasteiger partial charge in [-0.3, -0.25) is 4.79 Å². The van der Waals surface area contributed by atoms with Gasteiger partial charge in [-0.1, -0.05) is 13.8 Å². The van der Waals surface area contributed by atoms with Crippen molar-refractivity contribution in [1.82, 2.24) is 15.3 Å². The van der Waals surface area contributed by atoms with Crippen LogP contribution in [-0.4, -0.2) is 29.0 Å². The Morgan fingerprint density at radius 1 is 1.47 bits per heavy atom.